The summed E-state index contributed by atoms with van der Waals surface area (Å²) in [6.07, 6.45) is 7.55. The molecule has 0 unspecified atom stereocenters. The van der Waals surface area contributed by atoms with E-state index < -0.39 is 0 Å². The summed E-state index contributed by atoms with van der Waals surface area (Å²) >= 11 is 0. The Kier molecular flexibility index (Phi) is 2.48. The predicted octanol–water partition coefficient (Wildman–Crippen LogP) is 2.46. The zero-order valence-electron chi connectivity index (χ0n) is 10.4. The van der Waals surface area contributed by atoms with Crippen LogP contribution in [0.15, 0.2) is 49.1 Å². The first-order valence-electron chi connectivity index (χ1n) is 5.80. The highest BCUT2D eigenvalue weighted by atomic mass is 15.1. The van der Waals surface area contributed by atoms with Crippen LogP contribution in [0.2, 0.25) is 0 Å². The molecule has 3 rings (SSSR count). The molecule has 0 aliphatic carbocycles. The maximum absolute atomic E-state index is 4.32. The lowest BCUT2D eigenvalue weighted by molar-refractivity contribution is 1.11. The molecule has 18 heavy (non-hydrogen) atoms. The van der Waals surface area contributed by atoms with Crippen LogP contribution < -0.4 is 4.90 Å². The van der Waals surface area contributed by atoms with Gasteiger partial charge < -0.3 is 4.90 Å². The number of benzene rings is 1. The van der Waals surface area contributed by atoms with Crippen molar-refractivity contribution in [3.8, 4) is 11.1 Å². The van der Waals surface area contributed by atoms with Gasteiger partial charge in [-0.3, -0.25) is 4.40 Å². The van der Waals surface area contributed by atoms with E-state index in [4.69, 9.17) is 0 Å². The van der Waals surface area contributed by atoms with Crippen LogP contribution in [0.25, 0.3) is 16.9 Å². The third kappa shape index (κ3) is 1.82. The maximum Gasteiger partial charge on any atom is 0.233 e. The van der Waals surface area contributed by atoms with E-state index in [1.807, 2.05) is 37.1 Å². The summed E-state index contributed by atoms with van der Waals surface area (Å²) in [5, 5.41) is 0. The molecule has 4 heteroatoms. The summed E-state index contributed by atoms with van der Waals surface area (Å²) in [7, 11) is 4.07. The van der Waals surface area contributed by atoms with E-state index in [0.717, 1.165) is 16.9 Å². The molecule has 90 valence electrons. The van der Waals surface area contributed by atoms with E-state index in [2.05, 4.69) is 39.1 Å². The molecule has 0 fully saturated rings. The van der Waals surface area contributed by atoms with Gasteiger partial charge in [0.1, 0.15) is 0 Å². The Morgan fingerprint density at radius 2 is 1.78 bits per heavy atom. The van der Waals surface area contributed by atoms with Gasteiger partial charge in [-0.2, -0.15) is 0 Å². The standard InChI is InChI=1S/C14H14N4/c1-17(2)13-5-3-11(4-6-13)12-9-16-14-15-7-8-18(14)10-12/h3-10H,1-2H3. The van der Waals surface area contributed by atoms with Gasteiger partial charge >= 0.3 is 0 Å². The number of hydrogen-bond acceptors (Lipinski definition) is 3. The first kappa shape index (κ1) is 10.8. The van der Waals surface area contributed by atoms with Crippen molar-refractivity contribution in [3.05, 3.63) is 49.1 Å². The number of anilines is 1. The molecule has 3 aromatic rings. The smallest absolute Gasteiger partial charge is 0.233 e. The van der Waals surface area contributed by atoms with Gasteiger partial charge in [-0.05, 0) is 17.7 Å². The molecule has 1 aromatic carbocycles. The lowest BCUT2D eigenvalue weighted by Gasteiger charge is -2.12. The second-order valence-corrected chi connectivity index (χ2v) is 4.42. The highest BCUT2D eigenvalue weighted by Crippen LogP contribution is 2.21. The van der Waals surface area contributed by atoms with Crippen molar-refractivity contribution in [2.75, 3.05) is 19.0 Å². The highest BCUT2D eigenvalue weighted by Gasteiger charge is 2.02. The lowest BCUT2D eigenvalue weighted by Crippen LogP contribution is -2.07. The second kappa shape index (κ2) is 4.14. The van der Waals surface area contributed by atoms with E-state index in [9.17, 15) is 0 Å². The van der Waals surface area contributed by atoms with Crippen LogP contribution >= 0.6 is 0 Å². The molecular formula is C14H14N4. The fourth-order valence-corrected chi connectivity index (χ4v) is 1.92. The Labute approximate surface area is 106 Å². The van der Waals surface area contributed by atoms with Crippen LogP contribution in [-0.4, -0.2) is 28.5 Å². The maximum atomic E-state index is 4.32. The number of rotatable bonds is 2. The van der Waals surface area contributed by atoms with Crippen LogP contribution in [0.1, 0.15) is 0 Å². The summed E-state index contributed by atoms with van der Waals surface area (Å²) in [5.74, 6) is 0.726. The molecule has 2 aromatic heterocycles. The average Bonchev–Trinajstić information content (AvgIpc) is 2.86. The van der Waals surface area contributed by atoms with Gasteiger partial charge in [0.2, 0.25) is 5.78 Å². The fraction of sp³-hybridized carbons (Fsp3) is 0.143. The third-order valence-corrected chi connectivity index (χ3v) is 2.96. The molecule has 0 saturated carbocycles. The van der Waals surface area contributed by atoms with Gasteiger partial charge in [-0.1, -0.05) is 12.1 Å². The minimum Gasteiger partial charge on any atom is -0.378 e. The lowest BCUT2D eigenvalue weighted by atomic mass is 10.1. The molecule has 0 aliphatic heterocycles. The molecule has 0 bridgehead atoms. The Balaban J connectivity index is 2.02. The van der Waals surface area contributed by atoms with E-state index >= 15 is 0 Å². The van der Waals surface area contributed by atoms with Gasteiger partial charge in [0.15, 0.2) is 0 Å². The Bertz CT molecular complexity index is 668. The van der Waals surface area contributed by atoms with Crippen molar-refractivity contribution in [2.45, 2.75) is 0 Å². The van der Waals surface area contributed by atoms with Gasteiger partial charge in [0, 0.05) is 50.1 Å². The number of nitrogens with zero attached hydrogens (tertiary/aromatic N) is 4. The monoisotopic (exact) mass is 238 g/mol. The van der Waals surface area contributed by atoms with Crippen molar-refractivity contribution in [3.63, 3.8) is 0 Å². The van der Waals surface area contributed by atoms with Gasteiger partial charge in [-0.25, -0.2) is 9.97 Å². The zero-order chi connectivity index (χ0) is 12.5. The normalized spacial score (nSPS) is 10.8. The van der Waals surface area contributed by atoms with Crippen LogP contribution in [0.4, 0.5) is 5.69 Å². The van der Waals surface area contributed by atoms with Gasteiger partial charge in [0.25, 0.3) is 0 Å². The zero-order valence-corrected chi connectivity index (χ0v) is 10.4. The topological polar surface area (TPSA) is 33.4 Å². The number of aromatic nitrogens is 3. The molecule has 0 atom stereocenters. The van der Waals surface area contributed by atoms with Crippen LogP contribution in [0.3, 0.4) is 0 Å². The first-order valence-corrected chi connectivity index (χ1v) is 5.80. The summed E-state index contributed by atoms with van der Waals surface area (Å²) in [6, 6.07) is 8.42. The minimum atomic E-state index is 0.726. The SMILES string of the molecule is CN(C)c1ccc(-c2cnc3nccn3c2)cc1. The molecule has 2 heterocycles. The number of imidazole rings is 1. The van der Waals surface area contributed by atoms with Crippen LogP contribution in [-0.2, 0) is 0 Å². The molecule has 0 saturated heterocycles. The van der Waals surface area contributed by atoms with E-state index in [1.165, 1.54) is 5.69 Å². The average molecular weight is 238 g/mol. The minimum absolute atomic E-state index is 0.726. The van der Waals surface area contributed by atoms with E-state index in [1.54, 1.807) is 6.20 Å². The molecule has 0 aliphatic rings. The Hall–Kier alpha value is -2.36. The first-order chi connectivity index (χ1) is 8.74. The predicted molar refractivity (Wildman–Crippen MR) is 72.8 cm³/mol. The third-order valence-electron chi connectivity index (χ3n) is 2.96. The van der Waals surface area contributed by atoms with Crippen LogP contribution in [0, 0.1) is 0 Å². The summed E-state index contributed by atoms with van der Waals surface area (Å²) < 4.78 is 1.93. The van der Waals surface area contributed by atoms with Crippen molar-refractivity contribution in [1.82, 2.24) is 14.4 Å². The molecule has 0 amide bonds. The van der Waals surface area contributed by atoms with Gasteiger partial charge in [-0.15, -0.1) is 0 Å². The van der Waals surface area contributed by atoms with Gasteiger partial charge in [0.05, 0.1) is 0 Å². The summed E-state index contributed by atoms with van der Waals surface area (Å²) in [4.78, 5) is 10.5. The number of fused-ring (bicyclic) bond motifs is 1. The highest BCUT2D eigenvalue weighted by molar-refractivity contribution is 5.65. The van der Waals surface area contributed by atoms with Crippen molar-refractivity contribution in [2.24, 2.45) is 0 Å². The molecule has 0 N–H and O–H groups in total. The van der Waals surface area contributed by atoms with Crippen LogP contribution in [0.5, 0.6) is 0 Å². The van der Waals surface area contributed by atoms with Crippen molar-refractivity contribution in [1.29, 1.82) is 0 Å². The fourth-order valence-electron chi connectivity index (χ4n) is 1.92. The van der Waals surface area contributed by atoms with Crippen molar-refractivity contribution < 1.29 is 0 Å². The van der Waals surface area contributed by atoms with E-state index in [0.29, 0.717) is 0 Å². The molecule has 4 nitrogen and oxygen atoms in total. The number of hydrogen-bond donors (Lipinski definition) is 0. The molecular weight excluding hydrogens is 224 g/mol. The molecule has 0 radical (unpaired) electrons. The summed E-state index contributed by atoms with van der Waals surface area (Å²) in [5.41, 5.74) is 3.44. The Morgan fingerprint density at radius 3 is 2.50 bits per heavy atom. The Morgan fingerprint density at radius 1 is 1.00 bits per heavy atom. The van der Waals surface area contributed by atoms with E-state index in [-0.39, 0.29) is 0 Å². The quantitative estimate of drug-likeness (QED) is 0.687. The van der Waals surface area contributed by atoms with Crippen molar-refractivity contribution >= 4 is 11.5 Å². The largest absolute Gasteiger partial charge is 0.378 e. The summed E-state index contributed by atoms with van der Waals surface area (Å²) in [6.45, 7) is 0. The molecule has 0 spiro atoms. The second-order valence-electron chi connectivity index (χ2n) is 4.42.